The van der Waals surface area contributed by atoms with Crippen LogP contribution in [0.25, 0.3) is 0 Å². The summed E-state index contributed by atoms with van der Waals surface area (Å²) in [5, 5.41) is 3.30. The number of nitrogens with zero attached hydrogens (tertiary/aromatic N) is 1. The lowest BCUT2D eigenvalue weighted by molar-refractivity contribution is -0.141. The Bertz CT molecular complexity index is 470. The van der Waals surface area contributed by atoms with Gasteiger partial charge in [0.05, 0.1) is 12.0 Å². The largest absolute Gasteiger partial charge is 0.464 e. The van der Waals surface area contributed by atoms with Gasteiger partial charge in [0.15, 0.2) is 0 Å². The van der Waals surface area contributed by atoms with E-state index in [1.807, 2.05) is 24.0 Å². The van der Waals surface area contributed by atoms with E-state index in [4.69, 9.17) is 4.42 Å². The van der Waals surface area contributed by atoms with Crippen molar-refractivity contribution in [2.24, 2.45) is 5.41 Å². The van der Waals surface area contributed by atoms with Crippen LogP contribution in [0.2, 0.25) is 0 Å². The van der Waals surface area contributed by atoms with E-state index in [9.17, 15) is 4.79 Å². The minimum atomic E-state index is -0.232. The first kappa shape index (κ1) is 12.7. The third-order valence-electron chi connectivity index (χ3n) is 4.26. The quantitative estimate of drug-likeness (QED) is 0.903. The molecule has 0 radical (unpaired) electrons. The molecule has 2 fully saturated rings. The van der Waals surface area contributed by atoms with Gasteiger partial charge in [0.25, 0.3) is 0 Å². The number of hydrogen-bond acceptors (Lipinski definition) is 3. The fraction of sp³-hybridized carbons (Fsp3) is 0.667. The van der Waals surface area contributed by atoms with Crippen LogP contribution in [0.3, 0.4) is 0 Å². The van der Waals surface area contributed by atoms with Crippen molar-refractivity contribution in [1.82, 2.24) is 10.2 Å². The highest BCUT2D eigenvalue weighted by atomic mass is 16.3. The number of hydrogen-bond donors (Lipinski definition) is 1. The molecule has 1 aromatic heterocycles. The minimum absolute atomic E-state index is 0.232. The van der Waals surface area contributed by atoms with Crippen molar-refractivity contribution >= 4 is 5.91 Å². The van der Waals surface area contributed by atoms with Crippen LogP contribution in [0.15, 0.2) is 16.5 Å². The van der Waals surface area contributed by atoms with E-state index in [0.717, 1.165) is 43.9 Å². The van der Waals surface area contributed by atoms with Gasteiger partial charge in [0, 0.05) is 12.6 Å². The number of aryl methyl sites for hydroxylation is 1. The number of carbonyl (C=O) groups excluding carboxylic acids is 1. The Balaban J connectivity index is 1.75. The van der Waals surface area contributed by atoms with Crippen LogP contribution >= 0.6 is 0 Å². The summed E-state index contributed by atoms with van der Waals surface area (Å²) < 4.78 is 5.63. The molecule has 1 aliphatic heterocycles. The standard InChI is InChI=1S/C15H22N2O2/c1-11-3-6-13(19-11)9-17(12-4-5-12)14(18)15(2)7-8-16-10-15/h3,6,12,16H,4-5,7-10H2,1-2H3. The normalized spacial score (nSPS) is 26.6. The molecule has 1 saturated carbocycles. The minimum Gasteiger partial charge on any atom is -0.464 e. The molecule has 1 unspecified atom stereocenters. The second-order valence-electron chi connectivity index (χ2n) is 6.16. The Hall–Kier alpha value is -1.29. The lowest BCUT2D eigenvalue weighted by Crippen LogP contribution is -2.44. The topological polar surface area (TPSA) is 45.5 Å². The Labute approximate surface area is 114 Å². The van der Waals surface area contributed by atoms with Gasteiger partial charge in [0.1, 0.15) is 11.5 Å². The van der Waals surface area contributed by atoms with Crippen molar-refractivity contribution in [3.63, 3.8) is 0 Å². The monoisotopic (exact) mass is 262 g/mol. The molecule has 1 aromatic rings. The molecule has 3 rings (SSSR count). The predicted molar refractivity (Wildman–Crippen MR) is 72.6 cm³/mol. The first-order chi connectivity index (χ1) is 9.08. The second kappa shape index (κ2) is 4.67. The molecule has 0 spiro atoms. The van der Waals surface area contributed by atoms with Crippen LogP contribution in [0.1, 0.15) is 37.7 Å². The molecule has 19 heavy (non-hydrogen) atoms. The van der Waals surface area contributed by atoms with Gasteiger partial charge < -0.3 is 14.6 Å². The molecular formula is C15H22N2O2. The fourth-order valence-electron chi connectivity index (χ4n) is 2.84. The van der Waals surface area contributed by atoms with Gasteiger partial charge in [-0.15, -0.1) is 0 Å². The highest BCUT2D eigenvalue weighted by molar-refractivity contribution is 5.83. The molecule has 2 aliphatic rings. The Kier molecular flexibility index (Phi) is 3.13. The summed E-state index contributed by atoms with van der Waals surface area (Å²) in [6.45, 7) is 6.38. The van der Waals surface area contributed by atoms with Crippen LogP contribution < -0.4 is 5.32 Å². The molecule has 104 valence electrons. The van der Waals surface area contributed by atoms with Gasteiger partial charge in [0.2, 0.25) is 5.91 Å². The van der Waals surface area contributed by atoms with Crippen LogP contribution in [-0.4, -0.2) is 29.9 Å². The number of furan rings is 1. The first-order valence-corrected chi connectivity index (χ1v) is 7.16. The maximum atomic E-state index is 12.8. The molecule has 0 aromatic carbocycles. The molecule has 0 bridgehead atoms. The average Bonchev–Trinajstić information content (AvgIpc) is 3.00. The summed E-state index contributed by atoms with van der Waals surface area (Å²) in [6.07, 6.45) is 3.20. The van der Waals surface area contributed by atoms with Crippen molar-refractivity contribution in [3.05, 3.63) is 23.7 Å². The highest BCUT2D eigenvalue weighted by Crippen LogP contribution is 2.35. The summed E-state index contributed by atoms with van der Waals surface area (Å²) >= 11 is 0. The molecule has 2 heterocycles. The van der Waals surface area contributed by atoms with E-state index in [1.165, 1.54) is 0 Å². The molecule has 1 N–H and O–H groups in total. The lowest BCUT2D eigenvalue weighted by Gasteiger charge is -2.30. The van der Waals surface area contributed by atoms with E-state index < -0.39 is 0 Å². The number of amides is 1. The highest BCUT2D eigenvalue weighted by Gasteiger charge is 2.43. The zero-order valence-corrected chi connectivity index (χ0v) is 11.7. The Morgan fingerprint density at radius 2 is 2.32 bits per heavy atom. The molecule has 1 amide bonds. The average molecular weight is 262 g/mol. The predicted octanol–water partition coefficient (Wildman–Crippen LogP) is 2.08. The summed E-state index contributed by atoms with van der Waals surface area (Å²) in [5.74, 6) is 2.09. The zero-order chi connectivity index (χ0) is 13.5. The summed E-state index contributed by atoms with van der Waals surface area (Å²) in [5.41, 5.74) is -0.232. The third kappa shape index (κ3) is 2.54. The van der Waals surface area contributed by atoms with E-state index in [2.05, 4.69) is 12.2 Å². The summed E-state index contributed by atoms with van der Waals surface area (Å²) in [7, 11) is 0. The molecule has 1 atom stereocenters. The van der Waals surface area contributed by atoms with Crippen molar-refractivity contribution in [3.8, 4) is 0 Å². The van der Waals surface area contributed by atoms with Gasteiger partial charge in [-0.1, -0.05) is 0 Å². The van der Waals surface area contributed by atoms with E-state index in [-0.39, 0.29) is 11.3 Å². The lowest BCUT2D eigenvalue weighted by atomic mass is 9.88. The van der Waals surface area contributed by atoms with Crippen molar-refractivity contribution < 1.29 is 9.21 Å². The van der Waals surface area contributed by atoms with Crippen molar-refractivity contribution in [2.45, 2.75) is 45.7 Å². The van der Waals surface area contributed by atoms with E-state index in [1.54, 1.807) is 0 Å². The van der Waals surface area contributed by atoms with Gasteiger partial charge in [-0.2, -0.15) is 0 Å². The molecular weight excluding hydrogens is 240 g/mol. The smallest absolute Gasteiger partial charge is 0.230 e. The van der Waals surface area contributed by atoms with Crippen LogP contribution in [0.5, 0.6) is 0 Å². The maximum absolute atomic E-state index is 12.8. The first-order valence-electron chi connectivity index (χ1n) is 7.16. The molecule has 4 nitrogen and oxygen atoms in total. The Morgan fingerprint density at radius 3 is 2.84 bits per heavy atom. The second-order valence-corrected chi connectivity index (χ2v) is 6.16. The molecule has 4 heteroatoms. The van der Waals surface area contributed by atoms with E-state index in [0.29, 0.717) is 12.6 Å². The summed E-state index contributed by atoms with van der Waals surface area (Å²) in [6, 6.07) is 4.37. The van der Waals surface area contributed by atoms with Gasteiger partial charge in [-0.25, -0.2) is 0 Å². The molecule has 1 saturated heterocycles. The number of rotatable bonds is 4. The number of nitrogens with one attached hydrogen (secondary N) is 1. The van der Waals surface area contributed by atoms with Crippen LogP contribution in [0, 0.1) is 12.3 Å². The maximum Gasteiger partial charge on any atom is 0.230 e. The van der Waals surface area contributed by atoms with Gasteiger partial charge in [-0.05, 0) is 51.8 Å². The van der Waals surface area contributed by atoms with Crippen molar-refractivity contribution in [2.75, 3.05) is 13.1 Å². The zero-order valence-electron chi connectivity index (χ0n) is 11.7. The fourth-order valence-corrected chi connectivity index (χ4v) is 2.84. The Morgan fingerprint density at radius 1 is 1.53 bits per heavy atom. The van der Waals surface area contributed by atoms with Crippen LogP contribution in [-0.2, 0) is 11.3 Å². The third-order valence-corrected chi connectivity index (χ3v) is 4.26. The van der Waals surface area contributed by atoms with Gasteiger partial charge >= 0.3 is 0 Å². The summed E-state index contributed by atoms with van der Waals surface area (Å²) in [4.78, 5) is 14.8. The van der Waals surface area contributed by atoms with Gasteiger partial charge in [-0.3, -0.25) is 4.79 Å². The van der Waals surface area contributed by atoms with E-state index >= 15 is 0 Å². The van der Waals surface area contributed by atoms with Crippen LogP contribution in [0.4, 0.5) is 0 Å². The number of carbonyl (C=O) groups is 1. The SMILES string of the molecule is Cc1ccc(CN(C(=O)C2(C)CCNC2)C2CC2)o1. The van der Waals surface area contributed by atoms with Crippen molar-refractivity contribution in [1.29, 1.82) is 0 Å². The molecule has 1 aliphatic carbocycles.